The summed E-state index contributed by atoms with van der Waals surface area (Å²) >= 11 is 0. The van der Waals surface area contributed by atoms with Gasteiger partial charge in [-0.3, -0.25) is 4.79 Å². The third-order valence-corrected chi connectivity index (χ3v) is 4.27. The van der Waals surface area contributed by atoms with E-state index >= 15 is 0 Å². The number of ether oxygens (including phenoxy) is 1. The van der Waals surface area contributed by atoms with Crippen LogP contribution in [-0.2, 0) is 16.0 Å². The maximum Gasteiger partial charge on any atom is 0.222 e. The average Bonchev–Trinajstić information content (AvgIpc) is 2.91. The Labute approximate surface area is 135 Å². The van der Waals surface area contributed by atoms with Gasteiger partial charge in [-0.2, -0.15) is 5.10 Å². The SMILES string of the molecule is CN(C)C(=O)CCc1nn(C2CCCCO2)c2cc(O)ccc12. The first kappa shape index (κ1) is 15.8. The van der Waals surface area contributed by atoms with Gasteiger partial charge in [0.15, 0.2) is 6.23 Å². The van der Waals surface area contributed by atoms with Crippen molar-refractivity contribution < 1.29 is 14.6 Å². The first-order valence-corrected chi connectivity index (χ1v) is 8.08. The number of carbonyl (C=O) groups excluding carboxylic acids is 1. The third-order valence-electron chi connectivity index (χ3n) is 4.27. The Morgan fingerprint density at radius 1 is 1.43 bits per heavy atom. The highest BCUT2D eigenvalue weighted by Gasteiger charge is 2.21. The number of benzene rings is 1. The molecule has 1 aromatic carbocycles. The van der Waals surface area contributed by atoms with Gasteiger partial charge in [0.05, 0.1) is 11.2 Å². The zero-order valence-electron chi connectivity index (χ0n) is 13.7. The molecule has 3 rings (SSSR count). The van der Waals surface area contributed by atoms with Crippen molar-refractivity contribution in [2.24, 2.45) is 0 Å². The van der Waals surface area contributed by atoms with Gasteiger partial charge >= 0.3 is 0 Å². The predicted octanol–water partition coefficient (Wildman–Crippen LogP) is 2.46. The van der Waals surface area contributed by atoms with Crippen molar-refractivity contribution in [1.82, 2.24) is 14.7 Å². The monoisotopic (exact) mass is 317 g/mol. The number of carbonyl (C=O) groups is 1. The van der Waals surface area contributed by atoms with E-state index in [1.165, 1.54) is 0 Å². The van der Waals surface area contributed by atoms with Gasteiger partial charge in [-0.1, -0.05) is 0 Å². The van der Waals surface area contributed by atoms with Crippen molar-refractivity contribution in [2.75, 3.05) is 20.7 Å². The van der Waals surface area contributed by atoms with Crippen LogP contribution in [0.3, 0.4) is 0 Å². The zero-order valence-corrected chi connectivity index (χ0v) is 13.7. The Morgan fingerprint density at radius 2 is 2.26 bits per heavy atom. The number of aromatic hydroxyl groups is 1. The third kappa shape index (κ3) is 3.32. The number of aromatic nitrogens is 2. The summed E-state index contributed by atoms with van der Waals surface area (Å²) in [5.74, 6) is 0.297. The molecule has 1 aliphatic rings. The molecular weight excluding hydrogens is 294 g/mol. The van der Waals surface area contributed by atoms with Crippen LogP contribution in [0.4, 0.5) is 0 Å². The summed E-state index contributed by atoms with van der Waals surface area (Å²) in [5.41, 5.74) is 1.74. The molecule has 1 aromatic heterocycles. The molecule has 1 unspecified atom stereocenters. The molecule has 1 fully saturated rings. The van der Waals surface area contributed by atoms with Crippen molar-refractivity contribution in [3.8, 4) is 5.75 Å². The first-order chi connectivity index (χ1) is 11.1. The van der Waals surface area contributed by atoms with Crippen LogP contribution in [0.1, 0.15) is 37.6 Å². The number of hydrogen-bond donors (Lipinski definition) is 1. The molecule has 0 spiro atoms. The van der Waals surface area contributed by atoms with Crippen LogP contribution in [0, 0.1) is 0 Å². The molecule has 124 valence electrons. The van der Waals surface area contributed by atoms with Crippen LogP contribution in [0.2, 0.25) is 0 Å². The molecule has 1 saturated heterocycles. The lowest BCUT2D eigenvalue weighted by Gasteiger charge is -2.23. The Bertz CT molecular complexity index is 702. The first-order valence-electron chi connectivity index (χ1n) is 8.08. The lowest BCUT2D eigenvalue weighted by molar-refractivity contribution is -0.128. The van der Waals surface area contributed by atoms with Crippen molar-refractivity contribution in [1.29, 1.82) is 0 Å². The molecule has 0 saturated carbocycles. The van der Waals surface area contributed by atoms with E-state index in [9.17, 15) is 9.90 Å². The number of phenols is 1. The molecule has 0 bridgehead atoms. The predicted molar refractivity (Wildman–Crippen MR) is 87.3 cm³/mol. The molecule has 23 heavy (non-hydrogen) atoms. The van der Waals surface area contributed by atoms with Crippen molar-refractivity contribution in [3.05, 3.63) is 23.9 Å². The molecule has 6 nitrogen and oxygen atoms in total. The highest BCUT2D eigenvalue weighted by atomic mass is 16.5. The highest BCUT2D eigenvalue weighted by Crippen LogP contribution is 2.30. The number of fused-ring (bicyclic) bond motifs is 1. The van der Waals surface area contributed by atoms with Gasteiger partial charge in [-0.05, 0) is 31.4 Å². The lowest BCUT2D eigenvalue weighted by Crippen LogP contribution is -2.22. The van der Waals surface area contributed by atoms with Gasteiger partial charge < -0.3 is 14.7 Å². The summed E-state index contributed by atoms with van der Waals surface area (Å²) < 4.78 is 7.70. The smallest absolute Gasteiger partial charge is 0.222 e. The molecule has 1 aliphatic heterocycles. The molecule has 2 heterocycles. The van der Waals surface area contributed by atoms with Gasteiger partial charge in [-0.15, -0.1) is 0 Å². The summed E-state index contributed by atoms with van der Waals surface area (Å²) in [7, 11) is 3.51. The van der Waals surface area contributed by atoms with Crippen molar-refractivity contribution >= 4 is 16.8 Å². The van der Waals surface area contributed by atoms with E-state index in [0.29, 0.717) is 12.8 Å². The normalized spacial score (nSPS) is 18.3. The molecular formula is C17H23N3O3. The van der Waals surface area contributed by atoms with Gasteiger partial charge in [0.2, 0.25) is 5.91 Å². The van der Waals surface area contributed by atoms with E-state index in [1.54, 1.807) is 31.1 Å². The van der Waals surface area contributed by atoms with Crippen LogP contribution in [0.5, 0.6) is 5.75 Å². The Kier molecular flexibility index (Phi) is 4.52. The summed E-state index contributed by atoms with van der Waals surface area (Å²) in [6.45, 7) is 0.735. The fourth-order valence-electron chi connectivity index (χ4n) is 2.96. The van der Waals surface area contributed by atoms with Crippen LogP contribution in [0.15, 0.2) is 18.2 Å². The van der Waals surface area contributed by atoms with Crippen LogP contribution in [-0.4, -0.2) is 46.4 Å². The number of amides is 1. The second-order valence-corrected chi connectivity index (χ2v) is 6.20. The minimum Gasteiger partial charge on any atom is -0.508 e. The molecule has 0 radical (unpaired) electrons. The van der Waals surface area contributed by atoms with Crippen molar-refractivity contribution in [3.63, 3.8) is 0 Å². The summed E-state index contributed by atoms with van der Waals surface area (Å²) in [6.07, 6.45) is 4.02. The topological polar surface area (TPSA) is 67.6 Å². The fourth-order valence-corrected chi connectivity index (χ4v) is 2.96. The largest absolute Gasteiger partial charge is 0.508 e. The fraction of sp³-hybridized carbons (Fsp3) is 0.529. The number of phenolic OH excluding ortho intramolecular Hbond substituents is 1. The maximum atomic E-state index is 11.8. The highest BCUT2D eigenvalue weighted by molar-refractivity contribution is 5.84. The van der Waals surface area contributed by atoms with Crippen LogP contribution in [0.25, 0.3) is 10.9 Å². The zero-order chi connectivity index (χ0) is 16.4. The number of rotatable bonds is 4. The van der Waals surface area contributed by atoms with Gasteiger partial charge in [0.25, 0.3) is 0 Å². The molecule has 1 amide bonds. The number of nitrogens with zero attached hydrogens (tertiary/aromatic N) is 3. The molecule has 1 N–H and O–H groups in total. The molecule has 6 heteroatoms. The quantitative estimate of drug-likeness (QED) is 0.940. The standard InChI is InChI=1S/C17H23N3O3/c1-19(2)16(22)9-8-14-13-7-6-12(21)11-15(13)20(18-14)17-5-3-4-10-23-17/h6-7,11,17,21H,3-5,8-10H2,1-2H3. The number of aryl methyl sites for hydroxylation is 1. The van der Waals surface area contributed by atoms with Crippen molar-refractivity contribution in [2.45, 2.75) is 38.3 Å². The van der Waals surface area contributed by atoms with E-state index in [2.05, 4.69) is 0 Å². The Balaban J connectivity index is 1.93. The summed E-state index contributed by atoms with van der Waals surface area (Å²) in [6, 6.07) is 5.25. The van der Waals surface area contributed by atoms with E-state index in [4.69, 9.17) is 9.84 Å². The maximum absolute atomic E-state index is 11.8. The average molecular weight is 317 g/mol. The van der Waals surface area contributed by atoms with Crippen LogP contribution >= 0.6 is 0 Å². The molecule has 0 aliphatic carbocycles. The summed E-state index contributed by atoms with van der Waals surface area (Å²) in [5, 5.41) is 15.5. The molecule has 1 atom stereocenters. The second-order valence-electron chi connectivity index (χ2n) is 6.20. The Morgan fingerprint density at radius 3 is 2.96 bits per heavy atom. The van der Waals surface area contributed by atoms with E-state index in [-0.39, 0.29) is 17.9 Å². The van der Waals surface area contributed by atoms with E-state index in [1.807, 2.05) is 10.7 Å². The van der Waals surface area contributed by atoms with Gasteiger partial charge in [-0.25, -0.2) is 4.68 Å². The molecule has 2 aromatic rings. The van der Waals surface area contributed by atoms with E-state index in [0.717, 1.165) is 42.5 Å². The number of hydrogen-bond acceptors (Lipinski definition) is 4. The van der Waals surface area contributed by atoms with Crippen LogP contribution < -0.4 is 0 Å². The minimum absolute atomic E-state index is 0.0837. The Hall–Kier alpha value is -2.08. The van der Waals surface area contributed by atoms with Gasteiger partial charge in [0.1, 0.15) is 5.75 Å². The van der Waals surface area contributed by atoms with E-state index < -0.39 is 0 Å². The lowest BCUT2D eigenvalue weighted by atomic mass is 10.1. The van der Waals surface area contributed by atoms with Gasteiger partial charge in [0, 0.05) is 45.0 Å². The summed E-state index contributed by atoms with van der Waals surface area (Å²) in [4.78, 5) is 13.4. The minimum atomic E-state index is -0.0913. The second kappa shape index (κ2) is 6.58.